The Morgan fingerprint density at radius 1 is 1.15 bits per heavy atom. The minimum atomic E-state index is -0.291. The van der Waals surface area contributed by atoms with Gasteiger partial charge in [0.2, 0.25) is 22.1 Å². The molecule has 1 aromatic carbocycles. The van der Waals surface area contributed by atoms with Gasteiger partial charge in [0.25, 0.3) is 0 Å². The first-order valence-corrected chi connectivity index (χ1v) is 9.78. The van der Waals surface area contributed by atoms with Crippen molar-refractivity contribution in [3.8, 4) is 0 Å². The normalized spacial score (nSPS) is 20.0. The molecule has 0 aliphatic carbocycles. The number of nitrogens with zero attached hydrogens (tertiary/aromatic N) is 4. The van der Waals surface area contributed by atoms with Gasteiger partial charge >= 0.3 is 0 Å². The fraction of sp³-hybridized carbons (Fsp3) is 0.412. The Morgan fingerprint density at radius 3 is 2.65 bits per heavy atom. The summed E-state index contributed by atoms with van der Waals surface area (Å²) in [6.07, 6.45) is 3.08. The molecule has 2 aromatic rings. The van der Waals surface area contributed by atoms with Gasteiger partial charge in [-0.25, -0.2) is 0 Å². The highest BCUT2D eigenvalue weighted by Gasteiger charge is 2.34. The van der Waals surface area contributed by atoms with Gasteiger partial charge in [0.15, 0.2) is 0 Å². The lowest BCUT2D eigenvalue weighted by Gasteiger charge is -2.22. The summed E-state index contributed by atoms with van der Waals surface area (Å²) in [5, 5.41) is 13.3. The van der Waals surface area contributed by atoms with E-state index in [0.717, 1.165) is 25.8 Å². The molecule has 2 fully saturated rings. The van der Waals surface area contributed by atoms with E-state index in [1.165, 1.54) is 11.3 Å². The molecule has 4 rings (SSSR count). The van der Waals surface area contributed by atoms with Crippen molar-refractivity contribution < 1.29 is 9.59 Å². The Bertz CT molecular complexity index is 825. The zero-order valence-electron chi connectivity index (χ0n) is 14.0. The van der Waals surface area contributed by atoms with Crippen LogP contribution < -0.4 is 15.1 Å². The van der Waals surface area contributed by atoms with Gasteiger partial charge in [-0.1, -0.05) is 22.9 Å². The lowest BCUT2D eigenvalue weighted by molar-refractivity contribution is -0.117. The standard InChI is InChI=1S/C17H18ClN5O2S/c18-11-5-7-12(8-6-11)19-15(25)13-3-1-9-22(13)16-20-21-17(26-16)23-10-2-4-14(23)24/h5-8,13H,1-4,9-10H2,(H,19,25). The van der Waals surface area contributed by atoms with Crippen LogP contribution in [0.4, 0.5) is 16.0 Å². The number of nitrogens with one attached hydrogen (secondary N) is 1. The predicted octanol–water partition coefficient (Wildman–Crippen LogP) is 2.93. The Balaban J connectivity index is 1.48. The molecule has 2 saturated heterocycles. The molecule has 2 aliphatic rings. The van der Waals surface area contributed by atoms with Gasteiger partial charge in [-0.3, -0.25) is 14.5 Å². The molecule has 9 heteroatoms. The number of halogens is 1. The van der Waals surface area contributed by atoms with E-state index in [4.69, 9.17) is 11.6 Å². The van der Waals surface area contributed by atoms with Crippen LogP contribution in [0.15, 0.2) is 24.3 Å². The van der Waals surface area contributed by atoms with Gasteiger partial charge in [0, 0.05) is 30.2 Å². The average Bonchev–Trinajstić information content (AvgIpc) is 3.35. The summed E-state index contributed by atoms with van der Waals surface area (Å²) in [7, 11) is 0. The van der Waals surface area contributed by atoms with Crippen LogP contribution in [-0.4, -0.2) is 41.1 Å². The van der Waals surface area contributed by atoms with Gasteiger partial charge < -0.3 is 10.2 Å². The van der Waals surface area contributed by atoms with Crippen LogP contribution in [0.3, 0.4) is 0 Å². The van der Waals surface area contributed by atoms with E-state index < -0.39 is 0 Å². The van der Waals surface area contributed by atoms with E-state index in [0.29, 0.717) is 33.9 Å². The highest BCUT2D eigenvalue weighted by molar-refractivity contribution is 7.19. The van der Waals surface area contributed by atoms with Gasteiger partial charge in [-0.2, -0.15) is 0 Å². The van der Waals surface area contributed by atoms with E-state index in [1.807, 2.05) is 4.90 Å². The third-order valence-electron chi connectivity index (χ3n) is 4.62. The van der Waals surface area contributed by atoms with Crippen LogP contribution in [0, 0.1) is 0 Å². The van der Waals surface area contributed by atoms with Crippen LogP contribution in [0.5, 0.6) is 0 Å². The summed E-state index contributed by atoms with van der Waals surface area (Å²) >= 11 is 7.25. The number of carbonyl (C=O) groups excluding carboxylic acids is 2. The summed E-state index contributed by atoms with van der Waals surface area (Å²) < 4.78 is 0. The first-order chi connectivity index (χ1) is 12.6. The Kier molecular flexibility index (Phi) is 4.78. The predicted molar refractivity (Wildman–Crippen MR) is 102 cm³/mol. The number of hydrogen-bond acceptors (Lipinski definition) is 6. The van der Waals surface area contributed by atoms with Gasteiger partial charge in [-0.05, 0) is 43.5 Å². The molecule has 7 nitrogen and oxygen atoms in total. The first-order valence-electron chi connectivity index (χ1n) is 8.59. The molecule has 2 amide bonds. The highest BCUT2D eigenvalue weighted by Crippen LogP contribution is 2.34. The highest BCUT2D eigenvalue weighted by atomic mass is 35.5. The number of aromatic nitrogens is 2. The van der Waals surface area contributed by atoms with E-state index in [1.54, 1.807) is 29.2 Å². The zero-order valence-corrected chi connectivity index (χ0v) is 15.6. The van der Waals surface area contributed by atoms with Crippen molar-refractivity contribution >= 4 is 50.7 Å². The molecule has 0 radical (unpaired) electrons. The Morgan fingerprint density at radius 2 is 1.92 bits per heavy atom. The summed E-state index contributed by atoms with van der Waals surface area (Å²) in [5.41, 5.74) is 0.715. The molecule has 0 bridgehead atoms. The van der Waals surface area contributed by atoms with Gasteiger partial charge in [0.05, 0.1) is 0 Å². The maximum absolute atomic E-state index is 12.7. The summed E-state index contributed by atoms with van der Waals surface area (Å²) in [6.45, 7) is 1.44. The summed E-state index contributed by atoms with van der Waals surface area (Å²) in [4.78, 5) is 28.2. The number of anilines is 3. The molecule has 2 aliphatic heterocycles. The average molecular weight is 392 g/mol. The largest absolute Gasteiger partial charge is 0.335 e. The van der Waals surface area contributed by atoms with Crippen LogP contribution >= 0.6 is 22.9 Å². The molecule has 26 heavy (non-hydrogen) atoms. The number of benzene rings is 1. The van der Waals surface area contributed by atoms with Crippen molar-refractivity contribution in [1.29, 1.82) is 0 Å². The molecular weight excluding hydrogens is 374 g/mol. The fourth-order valence-corrected chi connectivity index (χ4v) is 4.40. The van der Waals surface area contributed by atoms with Crippen LogP contribution in [0.2, 0.25) is 5.02 Å². The molecule has 136 valence electrons. The van der Waals surface area contributed by atoms with E-state index in [-0.39, 0.29) is 17.9 Å². The molecule has 1 atom stereocenters. The maximum atomic E-state index is 12.7. The quantitative estimate of drug-likeness (QED) is 0.866. The van der Waals surface area contributed by atoms with Crippen molar-refractivity contribution in [2.45, 2.75) is 31.7 Å². The molecule has 0 spiro atoms. The number of amides is 2. The van der Waals surface area contributed by atoms with Gasteiger partial charge in [0.1, 0.15) is 6.04 Å². The maximum Gasteiger partial charge on any atom is 0.247 e. The van der Waals surface area contributed by atoms with Crippen molar-refractivity contribution in [3.05, 3.63) is 29.3 Å². The van der Waals surface area contributed by atoms with E-state index >= 15 is 0 Å². The zero-order chi connectivity index (χ0) is 18.1. The molecular formula is C17H18ClN5O2S. The van der Waals surface area contributed by atoms with Crippen molar-refractivity contribution in [1.82, 2.24) is 10.2 Å². The molecule has 1 unspecified atom stereocenters. The number of rotatable bonds is 4. The molecule has 1 aromatic heterocycles. The minimum absolute atomic E-state index is 0.0705. The first kappa shape index (κ1) is 17.2. The summed E-state index contributed by atoms with van der Waals surface area (Å²) in [5.74, 6) is 0.0185. The second-order valence-electron chi connectivity index (χ2n) is 6.36. The van der Waals surface area contributed by atoms with Crippen LogP contribution in [0.1, 0.15) is 25.7 Å². The second-order valence-corrected chi connectivity index (χ2v) is 7.73. The number of carbonyl (C=O) groups is 2. The fourth-order valence-electron chi connectivity index (χ4n) is 3.31. The Labute approximate surface area is 160 Å². The monoisotopic (exact) mass is 391 g/mol. The third kappa shape index (κ3) is 3.39. The lowest BCUT2D eigenvalue weighted by Crippen LogP contribution is -2.39. The van der Waals surface area contributed by atoms with Gasteiger partial charge in [-0.15, -0.1) is 10.2 Å². The SMILES string of the molecule is O=C(Nc1ccc(Cl)cc1)C1CCCN1c1nnc(N2CCCC2=O)s1. The number of hydrogen-bond donors (Lipinski definition) is 1. The van der Waals surface area contributed by atoms with Crippen LogP contribution in [-0.2, 0) is 9.59 Å². The second kappa shape index (κ2) is 7.20. The van der Waals surface area contributed by atoms with Crippen molar-refractivity contribution in [2.75, 3.05) is 28.2 Å². The lowest BCUT2D eigenvalue weighted by atomic mass is 10.2. The minimum Gasteiger partial charge on any atom is -0.335 e. The topological polar surface area (TPSA) is 78.4 Å². The molecule has 0 saturated carbocycles. The third-order valence-corrected chi connectivity index (χ3v) is 5.86. The van der Waals surface area contributed by atoms with Crippen LogP contribution in [0.25, 0.3) is 0 Å². The molecule has 3 heterocycles. The van der Waals surface area contributed by atoms with E-state index in [2.05, 4.69) is 15.5 Å². The molecule has 1 N–H and O–H groups in total. The van der Waals surface area contributed by atoms with Crippen molar-refractivity contribution in [2.24, 2.45) is 0 Å². The Hall–Kier alpha value is -2.19. The smallest absolute Gasteiger partial charge is 0.247 e. The van der Waals surface area contributed by atoms with E-state index in [9.17, 15) is 9.59 Å². The van der Waals surface area contributed by atoms with Crippen molar-refractivity contribution in [3.63, 3.8) is 0 Å². The summed E-state index contributed by atoms with van der Waals surface area (Å²) in [6, 6.07) is 6.76.